The van der Waals surface area contributed by atoms with Crippen LogP contribution in [0.2, 0.25) is 0 Å². The van der Waals surface area contributed by atoms with Crippen LogP contribution in [-0.4, -0.2) is 18.4 Å². The second kappa shape index (κ2) is 7.31. The van der Waals surface area contributed by atoms with Crippen molar-refractivity contribution in [1.29, 1.82) is 0 Å². The predicted molar refractivity (Wildman–Crippen MR) is 112 cm³/mol. The van der Waals surface area contributed by atoms with E-state index in [0.717, 1.165) is 28.9 Å². The minimum atomic E-state index is -0.183. The molecule has 3 aromatic carbocycles. The molecule has 1 heterocycles. The van der Waals surface area contributed by atoms with Crippen molar-refractivity contribution in [1.82, 2.24) is 0 Å². The molecule has 1 aliphatic heterocycles. The first-order valence-corrected chi connectivity index (χ1v) is 9.41. The van der Waals surface area contributed by atoms with Gasteiger partial charge in [-0.25, -0.2) is 0 Å². The monoisotopic (exact) mass is 370 g/mol. The van der Waals surface area contributed by atoms with Crippen molar-refractivity contribution in [2.24, 2.45) is 0 Å². The lowest BCUT2D eigenvalue weighted by atomic mass is 10.1. The van der Waals surface area contributed by atoms with E-state index in [1.54, 1.807) is 29.2 Å². The normalized spacial score (nSPS) is 12.6. The minimum absolute atomic E-state index is 0.0358. The van der Waals surface area contributed by atoms with Gasteiger partial charge >= 0.3 is 0 Å². The number of para-hydroxylation sites is 1. The lowest BCUT2D eigenvalue weighted by molar-refractivity contribution is 0.0986. The lowest BCUT2D eigenvalue weighted by Gasteiger charge is -2.17. The number of nitrogens with one attached hydrogen (secondary N) is 1. The van der Waals surface area contributed by atoms with E-state index in [1.165, 1.54) is 5.56 Å². The highest BCUT2D eigenvalue weighted by atomic mass is 16.2. The van der Waals surface area contributed by atoms with Gasteiger partial charge in [-0.2, -0.15) is 0 Å². The summed E-state index contributed by atoms with van der Waals surface area (Å²) < 4.78 is 0. The molecule has 0 bridgehead atoms. The van der Waals surface area contributed by atoms with Crippen LogP contribution in [0.15, 0.2) is 66.7 Å². The maximum atomic E-state index is 12.9. The smallest absolute Gasteiger partial charge is 0.258 e. The molecule has 3 aromatic rings. The molecule has 1 aliphatic rings. The molecule has 0 radical (unpaired) electrons. The van der Waals surface area contributed by atoms with Crippen LogP contribution in [0.5, 0.6) is 0 Å². The number of carbonyl (C=O) groups excluding carboxylic acids is 2. The molecule has 0 saturated heterocycles. The number of benzene rings is 3. The summed E-state index contributed by atoms with van der Waals surface area (Å²) in [5.41, 5.74) is 6.25. The summed E-state index contributed by atoms with van der Waals surface area (Å²) in [7, 11) is 0. The number of amides is 2. The third kappa shape index (κ3) is 3.41. The molecular formula is C24H22N2O2. The van der Waals surface area contributed by atoms with Crippen LogP contribution >= 0.6 is 0 Å². The van der Waals surface area contributed by atoms with E-state index in [4.69, 9.17) is 0 Å². The third-order valence-corrected chi connectivity index (χ3v) is 5.16. The summed E-state index contributed by atoms with van der Waals surface area (Å²) in [6.07, 6.45) is 0.873. The molecule has 4 nitrogen and oxygen atoms in total. The Kier molecular flexibility index (Phi) is 4.70. The molecule has 0 unspecified atom stereocenters. The van der Waals surface area contributed by atoms with Crippen molar-refractivity contribution in [3.63, 3.8) is 0 Å². The van der Waals surface area contributed by atoms with Gasteiger partial charge in [0.1, 0.15) is 0 Å². The number of aryl methyl sites for hydroxylation is 2. The number of fused-ring (bicyclic) bond motifs is 1. The fourth-order valence-electron chi connectivity index (χ4n) is 3.62. The van der Waals surface area contributed by atoms with Crippen molar-refractivity contribution in [3.8, 4) is 0 Å². The highest BCUT2D eigenvalue weighted by Gasteiger charge is 2.25. The van der Waals surface area contributed by atoms with Crippen LogP contribution in [0.4, 0.5) is 11.4 Å². The molecule has 4 heteroatoms. The molecule has 0 atom stereocenters. The molecule has 4 rings (SSSR count). The molecule has 0 aliphatic carbocycles. The maximum Gasteiger partial charge on any atom is 0.258 e. The molecule has 0 aromatic heterocycles. The first kappa shape index (κ1) is 18.0. The van der Waals surface area contributed by atoms with Gasteiger partial charge in [-0.1, -0.05) is 35.9 Å². The van der Waals surface area contributed by atoms with E-state index >= 15 is 0 Å². The second-order valence-corrected chi connectivity index (χ2v) is 7.19. The summed E-state index contributed by atoms with van der Waals surface area (Å²) in [6.45, 7) is 4.68. The summed E-state index contributed by atoms with van der Waals surface area (Å²) in [5.74, 6) is -0.219. The summed E-state index contributed by atoms with van der Waals surface area (Å²) in [5, 5.41) is 2.94. The second-order valence-electron chi connectivity index (χ2n) is 7.19. The van der Waals surface area contributed by atoms with E-state index in [1.807, 2.05) is 50.2 Å². The zero-order valence-electron chi connectivity index (χ0n) is 16.0. The molecular weight excluding hydrogens is 348 g/mol. The quantitative estimate of drug-likeness (QED) is 0.723. The van der Waals surface area contributed by atoms with Crippen molar-refractivity contribution >= 4 is 23.2 Å². The van der Waals surface area contributed by atoms with Gasteiger partial charge in [0.15, 0.2) is 0 Å². The Bertz CT molecular complexity index is 1050. The van der Waals surface area contributed by atoms with Gasteiger partial charge in [-0.05, 0) is 67.8 Å². The molecule has 28 heavy (non-hydrogen) atoms. The molecule has 2 amide bonds. The van der Waals surface area contributed by atoms with E-state index in [9.17, 15) is 9.59 Å². The van der Waals surface area contributed by atoms with E-state index < -0.39 is 0 Å². The standard InChI is InChI=1S/C24H22N2O2/c1-16-7-12-21(17(2)15-16)25-23(27)19-8-10-20(11-9-19)24(28)26-14-13-18-5-3-4-6-22(18)26/h3-12,15H,13-14H2,1-2H3,(H,25,27). The minimum Gasteiger partial charge on any atom is -0.322 e. The van der Waals surface area contributed by atoms with Crippen LogP contribution in [0.1, 0.15) is 37.4 Å². The summed E-state index contributed by atoms with van der Waals surface area (Å²) in [6, 6.07) is 20.7. The van der Waals surface area contributed by atoms with Gasteiger partial charge in [0.25, 0.3) is 11.8 Å². The number of rotatable bonds is 3. The van der Waals surface area contributed by atoms with Crippen molar-refractivity contribution in [2.45, 2.75) is 20.3 Å². The Labute approximate surface area is 164 Å². The summed E-state index contributed by atoms with van der Waals surface area (Å²) >= 11 is 0. The summed E-state index contributed by atoms with van der Waals surface area (Å²) in [4.78, 5) is 27.2. The zero-order chi connectivity index (χ0) is 19.7. The zero-order valence-corrected chi connectivity index (χ0v) is 16.0. The fraction of sp³-hybridized carbons (Fsp3) is 0.167. The highest BCUT2D eigenvalue weighted by molar-refractivity contribution is 6.09. The van der Waals surface area contributed by atoms with E-state index in [0.29, 0.717) is 17.7 Å². The van der Waals surface area contributed by atoms with Crippen LogP contribution in [-0.2, 0) is 6.42 Å². The molecule has 0 saturated carbocycles. The fourth-order valence-corrected chi connectivity index (χ4v) is 3.62. The molecule has 140 valence electrons. The van der Waals surface area contributed by atoms with Crippen LogP contribution in [0, 0.1) is 13.8 Å². The average Bonchev–Trinajstić information content (AvgIpc) is 3.14. The Hall–Kier alpha value is -3.40. The first-order chi connectivity index (χ1) is 13.5. The Balaban J connectivity index is 1.49. The van der Waals surface area contributed by atoms with Gasteiger partial charge in [0, 0.05) is 29.0 Å². The molecule has 0 fully saturated rings. The van der Waals surface area contributed by atoms with Gasteiger partial charge in [-0.15, -0.1) is 0 Å². The van der Waals surface area contributed by atoms with Gasteiger partial charge in [-0.3, -0.25) is 9.59 Å². The highest BCUT2D eigenvalue weighted by Crippen LogP contribution is 2.29. The first-order valence-electron chi connectivity index (χ1n) is 9.41. The Morgan fingerprint density at radius 1 is 0.893 bits per heavy atom. The van der Waals surface area contributed by atoms with Gasteiger partial charge in [0.2, 0.25) is 0 Å². The largest absolute Gasteiger partial charge is 0.322 e. The third-order valence-electron chi connectivity index (χ3n) is 5.16. The number of hydrogen-bond acceptors (Lipinski definition) is 2. The van der Waals surface area contributed by atoms with E-state index in [2.05, 4.69) is 11.4 Å². The van der Waals surface area contributed by atoms with Crippen molar-refractivity contribution in [3.05, 3.63) is 94.5 Å². The van der Waals surface area contributed by atoms with Crippen LogP contribution in [0.25, 0.3) is 0 Å². The van der Waals surface area contributed by atoms with Gasteiger partial charge in [0.05, 0.1) is 0 Å². The molecule has 1 N–H and O–H groups in total. The molecule has 0 spiro atoms. The predicted octanol–water partition coefficient (Wildman–Crippen LogP) is 4.76. The SMILES string of the molecule is Cc1ccc(NC(=O)c2ccc(C(=O)N3CCc4ccccc43)cc2)c(C)c1. The van der Waals surface area contributed by atoms with E-state index in [-0.39, 0.29) is 11.8 Å². The Morgan fingerprint density at radius 3 is 2.36 bits per heavy atom. The lowest BCUT2D eigenvalue weighted by Crippen LogP contribution is -2.28. The Morgan fingerprint density at radius 2 is 1.61 bits per heavy atom. The van der Waals surface area contributed by atoms with Crippen molar-refractivity contribution in [2.75, 3.05) is 16.8 Å². The van der Waals surface area contributed by atoms with Crippen LogP contribution < -0.4 is 10.2 Å². The number of nitrogens with zero attached hydrogens (tertiary/aromatic N) is 1. The van der Waals surface area contributed by atoms with Gasteiger partial charge < -0.3 is 10.2 Å². The average molecular weight is 370 g/mol. The number of carbonyl (C=O) groups is 2. The van der Waals surface area contributed by atoms with Crippen LogP contribution in [0.3, 0.4) is 0 Å². The van der Waals surface area contributed by atoms with Crippen molar-refractivity contribution < 1.29 is 9.59 Å². The topological polar surface area (TPSA) is 49.4 Å². The maximum absolute atomic E-state index is 12.9. The number of hydrogen-bond donors (Lipinski definition) is 1. The number of anilines is 2.